The molecule has 2 saturated heterocycles. The van der Waals surface area contributed by atoms with Crippen molar-refractivity contribution in [1.82, 2.24) is 5.32 Å². The Morgan fingerprint density at radius 3 is 1.95 bits per heavy atom. The van der Waals surface area contributed by atoms with Crippen LogP contribution >= 0.6 is 11.6 Å². The zero-order valence-corrected chi connectivity index (χ0v) is 24.8. The summed E-state index contributed by atoms with van der Waals surface area (Å²) in [7, 11) is 0. The highest BCUT2D eigenvalue weighted by atomic mass is 35.5. The average molecular weight is 591 g/mol. The Hall–Kier alpha value is -3.30. The third-order valence-electron chi connectivity index (χ3n) is 6.82. The number of aryl methyl sites for hydroxylation is 1. The third-order valence-corrected chi connectivity index (χ3v) is 7.05. The maximum Gasteiger partial charge on any atom is 0.309 e. The number of hydrogen-bond acceptors (Lipinski definition) is 8. The first-order valence-corrected chi connectivity index (χ1v) is 14.4. The predicted molar refractivity (Wildman–Crippen MR) is 157 cm³/mol. The molecule has 0 spiro atoms. The number of piperidine rings is 2. The first-order chi connectivity index (χ1) is 19.7. The molecule has 2 fully saturated rings. The lowest BCUT2D eigenvalue weighted by molar-refractivity contribution is -0.149. The van der Waals surface area contributed by atoms with E-state index in [0.29, 0.717) is 30.1 Å². The summed E-state index contributed by atoms with van der Waals surface area (Å²) >= 11 is 5.42. The van der Waals surface area contributed by atoms with Crippen LogP contribution in [0.25, 0.3) is 0 Å². The monoisotopic (exact) mass is 590 g/mol. The lowest BCUT2D eigenvalue weighted by Gasteiger charge is -2.33. The lowest BCUT2D eigenvalue weighted by atomic mass is 9.96. The number of benzene rings is 2. The molecular weight excluding hydrogens is 551 g/mol. The van der Waals surface area contributed by atoms with Crippen LogP contribution in [0.3, 0.4) is 0 Å². The van der Waals surface area contributed by atoms with Crippen molar-refractivity contribution in [2.24, 2.45) is 11.8 Å². The number of carbonyl (C=O) groups is 4. The fourth-order valence-corrected chi connectivity index (χ4v) is 4.72. The summed E-state index contributed by atoms with van der Waals surface area (Å²) in [6, 6.07) is 9.74. The molecule has 224 valence electrons. The minimum absolute atomic E-state index is 0.00399. The van der Waals surface area contributed by atoms with Gasteiger partial charge in [0.05, 0.1) is 30.6 Å². The van der Waals surface area contributed by atoms with Crippen LogP contribution < -0.4 is 10.2 Å². The molecule has 1 N–H and O–H groups in total. The summed E-state index contributed by atoms with van der Waals surface area (Å²) in [5, 5.41) is 3.50. The molecule has 41 heavy (non-hydrogen) atoms. The summed E-state index contributed by atoms with van der Waals surface area (Å²) in [5.74, 6) is -0.546. The second kappa shape index (κ2) is 18.2. The summed E-state index contributed by atoms with van der Waals surface area (Å²) in [6.45, 7) is 10.1. The van der Waals surface area contributed by atoms with Crippen molar-refractivity contribution in [1.29, 1.82) is 0 Å². The highest BCUT2D eigenvalue weighted by molar-refractivity contribution is 6.30. The number of esters is 2. The van der Waals surface area contributed by atoms with Crippen molar-refractivity contribution in [3.63, 3.8) is 0 Å². The van der Waals surface area contributed by atoms with Crippen molar-refractivity contribution < 1.29 is 33.0 Å². The van der Waals surface area contributed by atoms with Crippen LogP contribution in [-0.4, -0.2) is 63.9 Å². The van der Waals surface area contributed by atoms with Crippen LogP contribution in [0.15, 0.2) is 36.4 Å². The molecular formula is C31H40ClFN2O6. The molecule has 2 heterocycles. The van der Waals surface area contributed by atoms with Crippen LogP contribution in [0.4, 0.5) is 10.1 Å². The Bertz CT molecular complexity index is 1150. The van der Waals surface area contributed by atoms with E-state index >= 15 is 0 Å². The average Bonchev–Trinajstić information content (AvgIpc) is 2.99. The summed E-state index contributed by atoms with van der Waals surface area (Å²) < 4.78 is 22.5. The maximum absolute atomic E-state index is 12.5. The molecule has 0 atom stereocenters. The number of rotatable bonds is 7. The van der Waals surface area contributed by atoms with Gasteiger partial charge in [-0.1, -0.05) is 17.7 Å². The molecule has 0 radical (unpaired) electrons. The van der Waals surface area contributed by atoms with Gasteiger partial charge in [0.15, 0.2) is 12.6 Å². The molecule has 0 amide bonds. The number of ether oxygens (including phenoxy) is 2. The summed E-state index contributed by atoms with van der Waals surface area (Å²) in [6.07, 6.45) is 4.77. The molecule has 0 unspecified atom stereocenters. The molecule has 0 aromatic heterocycles. The largest absolute Gasteiger partial charge is 0.466 e. The zero-order valence-electron chi connectivity index (χ0n) is 24.0. The highest BCUT2D eigenvalue weighted by Gasteiger charge is 2.27. The van der Waals surface area contributed by atoms with Crippen LogP contribution in [0, 0.1) is 24.6 Å². The minimum Gasteiger partial charge on any atom is -0.466 e. The van der Waals surface area contributed by atoms with E-state index in [0.717, 1.165) is 75.5 Å². The molecule has 0 aliphatic carbocycles. The van der Waals surface area contributed by atoms with Crippen molar-refractivity contribution in [3.8, 4) is 0 Å². The Labute approximate surface area is 246 Å². The number of nitrogens with zero attached hydrogens (tertiary/aromatic N) is 1. The van der Waals surface area contributed by atoms with E-state index < -0.39 is 5.82 Å². The maximum atomic E-state index is 12.5. The number of hydrogen-bond donors (Lipinski definition) is 1. The van der Waals surface area contributed by atoms with Gasteiger partial charge in [-0.15, -0.1) is 0 Å². The van der Waals surface area contributed by atoms with Gasteiger partial charge in [-0.05, 0) is 95.4 Å². The number of halogens is 2. The summed E-state index contributed by atoms with van der Waals surface area (Å²) in [4.78, 5) is 46.3. The third kappa shape index (κ3) is 11.2. The lowest BCUT2D eigenvalue weighted by Crippen LogP contribution is -2.37. The van der Waals surface area contributed by atoms with Gasteiger partial charge in [0.25, 0.3) is 0 Å². The van der Waals surface area contributed by atoms with Gasteiger partial charge in [-0.25, -0.2) is 4.39 Å². The van der Waals surface area contributed by atoms with Gasteiger partial charge in [-0.2, -0.15) is 0 Å². The smallest absolute Gasteiger partial charge is 0.309 e. The van der Waals surface area contributed by atoms with Gasteiger partial charge in [-0.3, -0.25) is 19.2 Å². The molecule has 0 bridgehead atoms. The van der Waals surface area contributed by atoms with E-state index in [-0.39, 0.29) is 29.3 Å². The fourth-order valence-electron chi connectivity index (χ4n) is 4.56. The van der Waals surface area contributed by atoms with Crippen molar-refractivity contribution in [2.75, 3.05) is 44.3 Å². The Morgan fingerprint density at radius 1 is 0.902 bits per heavy atom. The van der Waals surface area contributed by atoms with Crippen LogP contribution in [0.1, 0.15) is 65.8 Å². The first kappa shape index (κ1) is 33.9. The Morgan fingerprint density at radius 2 is 1.44 bits per heavy atom. The van der Waals surface area contributed by atoms with E-state index in [1.165, 1.54) is 12.1 Å². The van der Waals surface area contributed by atoms with Crippen molar-refractivity contribution >= 4 is 41.8 Å². The second-order valence-corrected chi connectivity index (χ2v) is 10.2. The fraction of sp³-hybridized carbons (Fsp3) is 0.484. The van der Waals surface area contributed by atoms with E-state index in [9.17, 15) is 23.6 Å². The van der Waals surface area contributed by atoms with Crippen LogP contribution in [0.5, 0.6) is 0 Å². The molecule has 2 aromatic carbocycles. The molecule has 2 aromatic rings. The Balaban J connectivity index is 0.000000236. The van der Waals surface area contributed by atoms with E-state index in [2.05, 4.69) is 10.2 Å². The SMILES string of the molecule is CCOC(=O)C1CCN(c2cc(C)ccc2C=O)CC1.CCOC(=O)C1CCNCC1.O=Cc1ccc(Cl)cc1F. The topological polar surface area (TPSA) is 102 Å². The zero-order chi connectivity index (χ0) is 30.2. The van der Waals surface area contributed by atoms with Gasteiger partial charge >= 0.3 is 11.9 Å². The predicted octanol–water partition coefficient (Wildman–Crippen LogP) is 5.43. The number of nitrogens with one attached hydrogen (secondary N) is 1. The minimum atomic E-state index is -0.581. The molecule has 4 rings (SSSR count). The van der Waals surface area contributed by atoms with Crippen molar-refractivity contribution in [3.05, 3.63) is 63.9 Å². The van der Waals surface area contributed by atoms with Crippen molar-refractivity contribution in [2.45, 2.75) is 46.5 Å². The first-order valence-electron chi connectivity index (χ1n) is 14.0. The van der Waals surface area contributed by atoms with E-state index in [4.69, 9.17) is 21.1 Å². The second-order valence-electron chi connectivity index (χ2n) is 9.75. The summed E-state index contributed by atoms with van der Waals surface area (Å²) in [5.41, 5.74) is 2.86. The van der Waals surface area contributed by atoms with Gasteiger partial charge in [0, 0.05) is 29.4 Å². The van der Waals surface area contributed by atoms with Gasteiger partial charge in [0.2, 0.25) is 0 Å². The van der Waals surface area contributed by atoms with Crippen LogP contribution in [-0.2, 0) is 19.1 Å². The molecule has 8 nitrogen and oxygen atoms in total. The molecule has 2 aliphatic rings. The molecule has 0 saturated carbocycles. The molecule has 2 aliphatic heterocycles. The van der Waals surface area contributed by atoms with E-state index in [1.807, 2.05) is 39.0 Å². The number of carbonyl (C=O) groups excluding carboxylic acids is 4. The van der Waals surface area contributed by atoms with Crippen LogP contribution in [0.2, 0.25) is 5.02 Å². The standard InChI is InChI=1S/C16H21NO3.C8H15NO2.C7H4ClFO/c1-3-20-16(19)13-6-8-17(9-7-13)15-10-12(2)4-5-14(15)11-18;1-2-11-8(10)7-3-5-9-6-4-7;8-6-2-1-5(4-10)7(9)3-6/h4-5,10-11,13H,3,6-9H2,1-2H3;7,9H,2-6H2,1H3;1-4H. The molecule has 10 heteroatoms. The Kier molecular flexibility index (Phi) is 15.0. The van der Waals surface area contributed by atoms with Gasteiger partial charge in [0.1, 0.15) is 5.82 Å². The van der Waals surface area contributed by atoms with E-state index in [1.54, 1.807) is 0 Å². The highest BCUT2D eigenvalue weighted by Crippen LogP contribution is 2.27. The normalized spacial score (nSPS) is 15.4. The van der Waals surface area contributed by atoms with Gasteiger partial charge < -0.3 is 19.7 Å². The number of aldehydes is 2. The quantitative estimate of drug-likeness (QED) is 0.337. The number of anilines is 1.